The van der Waals surface area contributed by atoms with E-state index >= 15 is 0 Å². The highest BCUT2D eigenvalue weighted by Crippen LogP contribution is 2.41. The maximum absolute atomic E-state index is 12.8. The lowest BCUT2D eigenvalue weighted by Crippen LogP contribution is -2.52. The molecule has 4 rings (SSSR count). The van der Waals surface area contributed by atoms with Crippen molar-refractivity contribution >= 4 is 11.7 Å². The molecule has 2 aliphatic rings. The summed E-state index contributed by atoms with van der Waals surface area (Å²) in [6, 6.07) is 13.6. The van der Waals surface area contributed by atoms with Crippen LogP contribution in [0.25, 0.3) is 0 Å². The molecule has 0 N–H and O–H groups in total. The Kier molecular flexibility index (Phi) is 5.80. The van der Waals surface area contributed by atoms with E-state index in [1.807, 2.05) is 55.1 Å². The fourth-order valence-corrected chi connectivity index (χ4v) is 4.47. The van der Waals surface area contributed by atoms with Crippen molar-refractivity contribution < 1.29 is 19.1 Å². The molecule has 2 aromatic rings. The van der Waals surface area contributed by atoms with Gasteiger partial charge in [-0.25, -0.2) is 0 Å². The van der Waals surface area contributed by atoms with Gasteiger partial charge in [-0.05, 0) is 49.6 Å². The van der Waals surface area contributed by atoms with Crippen LogP contribution < -0.4 is 9.47 Å². The van der Waals surface area contributed by atoms with E-state index in [1.165, 1.54) is 0 Å². The lowest BCUT2D eigenvalue weighted by molar-refractivity contribution is -0.135. The summed E-state index contributed by atoms with van der Waals surface area (Å²) >= 11 is 0. The Bertz CT molecular complexity index is 930. The topological polar surface area (TPSA) is 55.8 Å². The number of nitrogens with zero attached hydrogens (tertiary/aromatic N) is 1. The standard InChI is InChI=1S/C25H29NO4/c1-18-15-19(2)24-21(16-18)22(27)17-25(30-24)10-12-26(13-11-25)23(28)9-6-14-29-20-7-4-3-5-8-20/h3-5,7-8,15-16H,6,9-14,17H2,1-2H3. The molecular formula is C25H29NO4. The van der Waals surface area contributed by atoms with Gasteiger partial charge < -0.3 is 14.4 Å². The number of carbonyl (C=O) groups is 2. The first-order valence-corrected chi connectivity index (χ1v) is 10.7. The van der Waals surface area contributed by atoms with Gasteiger partial charge in [0.15, 0.2) is 5.78 Å². The molecule has 0 aromatic heterocycles. The number of hydrogen-bond acceptors (Lipinski definition) is 4. The minimum absolute atomic E-state index is 0.149. The summed E-state index contributed by atoms with van der Waals surface area (Å²) in [5.74, 6) is 1.86. The fraction of sp³-hybridized carbons (Fsp3) is 0.440. The molecular weight excluding hydrogens is 378 g/mol. The van der Waals surface area contributed by atoms with E-state index in [0.717, 1.165) is 22.6 Å². The number of ether oxygens (including phenoxy) is 2. The zero-order valence-corrected chi connectivity index (χ0v) is 17.8. The second kappa shape index (κ2) is 8.50. The Morgan fingerprint density at radius 1 is 1.13 bits per heavy atom. The van der Waals surface area contributed by atoms with Crippen LogP contribution in [-0.4, -0.2) is 41.9 Å². The van der Waals surface area contributed by atoms with E-state index in [-0.39, 0.29) is 11.7 Å². The number of amides is 1. The summed E-state index contributed by atoms with van der Waals surface area (Å²) in [7, 11) is 0. The van der Waals surface area contributed by atoms with Crippen LogP contribution in [0.4, 0.5) is 0 Å². The van der Waals surface area contributed by atoms with Crippen LogP contribution in [0.5, 0.6) is 11.5 Å². The molecule has 0 aliphatic carbocycles. The van der Waals surface area contributed by atoms with Crippen LogP contribution in [0.2, 0.25) is 0 Å². The van der Waals surface area contributed by atoms with Crippen molar-refractivity contribution in [3.05, 3.63) is 59.2 Å². The largest absolute Gasteiger partial charge is 0.494 e. The van der Waals surface area contributed by atoms with Gasteiger partial charge in [0.1, 0.15) is 17.1 Å². The minimum atomic E-state index is -0.475. The zero-order chi connectivity index (χ0) is 21.1. The van der Waals surface area contributed by atoms with Gasteiger partial charge in [0, 0.05) is 32.4 Å². The van der Waals surface area contributed by atoms with Crippen LogP contribution in [0, 0.1) is 13.8 Å². The number of likely N-dealkylation sites (tertiary alicyclic amines) is 1. The number of fused-ring (bicyclic) bond motifs is 1. The summed E-state index contributed by atoms with van der Waals surface area (Å²) in [6.45, 7) is 5.78. The minimum Gasteiger partial charge on any atom is -0.494 e. The Morgan fingerprint density at radius 3 is 2.60 bits per heavy atom. The van der Waals surface area contributed by atoms with E-state index in [1.54, 1.807) is 0 Å². The predicted molar refractivity (Wildman–Crippen MR) is 115 cm³/mol. The predicted octanol–water partition coefficient (Wildman–Crippen LogP) is 4.49. The van der Waals surface area contributed by atoms with Gasteiger partial charge in [0.2, 0.25) is 5.91 Å². The third-order valence-corrected chi connectivity index (χ3v) is 6.09. The van der Waals surface area contributed by atoms with Gasteiger partial charge in [-0.2, -0.15) is 0 Å². The second-order valence-electron chi connectivity index (χ2n) is 8.49. The van der Waals surface area contributed by atoms with Crippen LogP contribution in [0.15, 0.2) is 42.5 Å². The lowest BCUT2D eigenvalue weighted by atomic mass is 9.81. The first-order chi connectivity index (χ1) is 14.5. The van der Waals surface area contributed by atoms with E-state index in [9.17, 15) is 9.59 Å². The summed E-state index contributed by atoms with van der Waals surface area (Å²) in [6.07, 6.45) is 2.95. The van der Waals surface area contributed by atoms with Crippen molar-refractivity contribution in [2.75, 3.05) is 19.7 Å². The molecule has 0 saturated carbocycles. The van der Waals surface area contributed by atoms with Crippen molar-refractivity contribution in [1.29, 1.82) is 0 Å². The average molecular weight is 408 g/mol. The molecule has 2 aliphatic heterocycles. The van der Waals surface area contributed by atoms with Crippen LogP contribution in [-0.2, 0) is 4.79 Å². The van der Waals surface area contributed by atoms with Gasteiger partial charge in [-0.3, -0.25) is 9.59 Å². The van der Waals surface area contributed by atoms with E-state index < -0.39 is 5.60 Å². The SMILES string of the molecule is Cc1cc(C)c2c(c1)C(=O)CC1(CCN(C(=O)CCCOc3ccccc3)CC1)O2. The second-order valence-corrected chi connectivity index (χ2v) is 8.49. The third-order valence-electron chi connectivity index (χ3n) is 6.09. The monoisotopic (exact) mass is 407 g/mol. The van der Waals surface area contributed by atoms with Crippen molar-refractivity contribution in [1.82, 2.24) is 4.90 Å². The number of piperidine rings is 1. The summed E-state index contributed by atoms with van der Waals surface area (Å²) in [5.41, 5.74) is 2.32. The zero-order valence-electron chi connectivity index (χ0n) is 17.8. The molecule has 0 bridgehead atoms. The summed E-state index contributed by atoms with van der Waals surface area (Å²) in [4.78, 5) is 27.3. The maximum atomic E-state index is 12.8. The van der Waals surface area contributed by atoms with E-state index in [4.69, 9.17) is 9.47 Å². The first-order valence-electron chi connectivity index (χ1n) is 10.7. The lowest BCUT2D eigenvalue weighted by Gasteiger charge is -2.44. The molecule has 0 radical (unpaired) electrons. The highest BCUT2D eigenvalue weighted by Gasteiger charge is 2.44. The Labute approximate surface area is 178 Å². The van der Waals surface area contributed by atoms with E-state index in [0.29, 0.717) is 57.4 Å². The van der Waals surface area contributed by atoms with Crippen molar-refractivity contribution in [3.8, 4) is 11.5 Å². The molecule has 2 aromatic carbocycles. The Balaban J connectivity index is 1.29. The number of para-hydroxylation sites is 1. The number of rotatable bonds is 5. The van der Waals surface area contributed by atoms with Gasteiger partial charge >= 0.3 is 0 Å². The smallest absolute Gasteiger partial charge is 0.222 e. The summed E-state index contributed by atoms with van der Waals surface area (Å²) < 4.78 is 12.1. The van der Waals surface area contributed by atoms with Crippen LogP contribution in [0.1, 0.15) is 53.6 Å². The number of benzene rings is 2. The normalized spacial score (nSPS) is 17.4. The number of aryl methyl sites for hydroxylation is 2. The van der Waals surface area contributed by atoms with Gasteiger partial charge in [0.05, 0.1) is 18.6 Å². The Morgan fingerprint density at radius 2 is 1.87 bits per heavy atom. The molecule has 158 valence electrons. The number of Topliss-reactive ketones (excluding diaryl/α,β-unsaturated/α-hetero) is 1. The third kappa shape index (κ3) is 4.35. The fourth-order valence-electron chi connectivity index (χ4n) is 4.47. The van der Waals surface area contributed by atoms with E-state index in [2.05, 4.69) is 6.07 Å². The molecule has 1 fully saturated rings. The molecule has 30 heavy (non-hydrogen) atoms. The molecule has 5 nitrogen and oxygen atoms in total. The molecule has 1 amide bonds. The van der Waals surface area contributed by atoms with Crippen LogP contribution >= 0.6 is 0 Å². The van der Waals surface area contributed by atoms with Gasteiger partial charge in [0.25, 0.3) is 0 Å². The van der Waals surface area contributed by atoms with Crippen molar-refractivity contribution in [2.24, 2.45) is 0 Å². The highest BCUT2D eigenvalue weighted by molar-refractivity contribution is 6.01. The number of carbonyl (C=O) groups excluding carboxylic acids is 2. The van der Waals surface area contributed by atoms with Gasteiger partial charge in [-0.15, -0.1) is 0 Å². The average Bonchev–Trinajstić information content (AvgIpc) is 2.73. The highest BCUT2D eigenvalue weighted by atomic mass is 16.5. The molecule has 0 unspecified atom stereocenters. The molecule has 1 saturated heterocycles. The molecule has 1 spiro atoms. The number of ketones is 1. The Hall–Kier alpha value is -2.82. The molecule has 5 heteroatoms. The maximum Gasteiger partial charge on any atom is 0.222 e. The molecule has 2 heterocycles. The quantitative estimate of drug-likeness (QED) is 0.686. The first kappa shape index (κ1) is 20.5. The summed E-state index contributed by atoms with van der Waals surface area (Å²) in [5, 5.41) is 0. The van der Waals surface area contributed by atoms with Crippen molar-refractivity contribution in [2.45, 2.75) is 51.6 Å². The van der Waals surface area contributed by atoms with Crippen LogP contribution in [0.3, 0.4) is 0 Å². The van der Waals surface area contributed by atoms with Gasteiger partial charge in [-0.1, -0.05) is 24.3 Å². The van der Waals surface area contributed by atoms with Crippen molar-refractivity contribution in [3.63, 3.8) is 0 Å². The number of hydrogen-bond donors (Lipinski definition) is 0. The molecule has 0 atom stereocenters.